The Kier molecular flexibility index (Phi) is 4.71. The molecule has 25 heavy (non-hydrogen) atoms. The van der Waals surface area contributed by atoms with Crippen molar-refractivity contribution in [1.82, 2.24) is 4.98 Å². The Balaban J connectivity index is 1.73. The van der Waals surface area contributed by atoms with E-state index in [0.29, 0.717) is 11.1 Å². The molecule has 0 radical (unpaired) electrons. The highest BCUT2D eigenvalue weighted by Gasteiger charge is 2.27. The van der Waals surface area contributed by atoms with Crippen molar-refractivity contribution < 1.29 is 9.90 Å². The van der Waals surface area contributed by atoms with Gasteiger partial charge < -0.3 is 10.0 Å². The molecule has 0 spiro atoms. The van der Waals surface area contributed by atoms with E-state index in [9.17, 15) is 15.2 Å². The van der Waals surface area contributed by atoms with Crippen LogP contribution in [0.4, 0.5) is 5.69 Å². The highest BCUT2D eigenvalue weighted by atomic mass is 16.3. The molecule has 1 aromatic heterocycles. The van der Waals surface area contributed by atoms with Gasteiger partial charge in [0.1, 0.15) is 11.8 Å². The maximum absolute atomic E-state index is 12.6. The first-order valence-corrected chi connectivity index (χ1v) is 8.46. The second-order valence-electron chi connectivity index (χ2n) is 6.53. The van der Waals surface area contributed by atoms with Crippen LogP contribution in [0, 0.1) is 31.1 Å². The van der Waals surface area contributed by atoms with Crippen LogP contribution < -0.4 is 4.90 Å². The maximum Gasteiger partial charge on any atom is 0.166 e. The van der Waals surface area contributed by atoms with Gasteiger partial charge in [-0.15, -0.1) is 0 Å². The van der Waals surface area contributed by atoms with Crippen molar-refractivity contribution >= 4 is 11.5 Å². The van der Waals surface area contributed by atoms with Gasteiger partial charge >= 0.3 is 0 Å². The van der Waals surface area contributed by atoms with E-state index in [4.69, 9.17) is 0 Å². The van der Waals surface area contributed by atoms with Crippen LogP contribution in [0.2, 0.25) is 0 Å². The fourth-order valence-electron chi connectivity index (χ4n) is 3.44. The Hall–Kier alpha value is -2.87. The summed E-state index contributed by atoms with van der Waals surface area (Å²) in [5.74, 6) is 0.274. The van der Waals surface area contributed by atoms with Crippen molar-refractivity contribution in [2.75, 3.05) is 18.0 Å². The van der Waals surface area contributed by atoms with Crippen molar-refractivity contribution in [3.8, 4) is 11.8 Å². The van der Waals surface area contributed by atoms with Crippen LogP contribution in [-0.4, -0.2) is 29.0 Å². The summed E-state index contributed by atoms with van der Waals surface area (Å²) < 4.78 is 0. The molecule has 0 amide bonds. The third-order valence-corrected chi connectivity index (χ3v) is 4.78. The lowest BCUT2D eigenvalue weighted by atomic mass is 9.88. The van der Waals surface area contributed by atoms with Crippen LogP contribution >= 0.6 is 0 Å². The minimum Gasteiger partial charge on any atom is -0.508 e. The number of piperidine rings is 1. The second kappa shape index (κ2) is 6.94. The normalized spacial score (nSPS) is 15.0. The van der Waals surface area contributed by atoms with Crippen molar-refractivity contribution in [1.29, 1.82) is 5.26 Å². The SMILES string of the molecule is Cc1cc(N2CCC(C(=O)c3ccc(O)cc3)CC2)c(C#N)c(C)n1. The summed E-state index contributed by atoms with van der Waals surface area (Å²) in [4.78, 5) is 19.2. The topological polar surface area (TPSA) is 77.2 Å². The van der Waals surface area contributed by atoms with E-state index < -0.39 is 0 Å². The zero-order chi connectivity index (χ0) is 18.0. The molecule has 0 bridgehead atoms. The number of anilines is 1. The number of nitriles is 1. The van der Waals surface area contributed by atoms with Crippen molar-refractivity contribution in [3.05, 3.63) is 52.8 Å². The third kappa shape index (κ3) is 3.48. The summed E-state index contributed by atoms with van der Waals surface area (Å²) in [6.45, 7) is 5.27. The van der Waals surface area contributed by atoms with Gasteiger partial charge in [0.15, 0.2) is 5.78 Å². The van der Waals surface area contributed by atoms with Gasteiger partial charge in [0.2, 0.25) is 0 Å². The molecular formula is C20H21N3O2. The number of carbonyl (C=O) groups is 1. The number of rotatable bonds is 3. The lowest BCUT2D eigenvalue weighted by Gasteiger charge is -2.33. The van der Waals surface area contributed by atoms with Crippen LogP contribution in [0.1, 0.15) is 40.2 Å². The first-order valence-electron chi connectivity index (χ1n) is 8.46. The number of hydrogen-bond donors (Lipinski definition) is 1. The fourth-order valence-corrected chi connectivity index (χ4v) is 3.44. The number of benzene rings is 1. The summed E-state index contributed by atoms with van der Waals surface area (Å²) >= 11 is 0. The Morgan fingerprint density at radius 2 is 1.88 bits per heavy atom. The molecule has 5 nitrogen and oxygen atoms in total. The summed E-state index contributed by atoms with van der Waals surface area (Å²) in [5.41, 5.74) is 3.83. The number of carbonyl (C=O) groups excluding carboxylic acids is 1. The largest absolute Gasteiger partial charge is 0.508 e. The van der Waals surface area contributed by atoms with Gasteiger partial charge in [0.25, 0.3) is 0 Å². The van der Waals surface area contributed by atoms with E-state index in [1.54, 1.807) is 24.3 Å². The van der Waals surface area contributed by atoms with Crippen LogP contribution in [0.15, 0.2) is 30.3 Å². The van der Waals surface area contributed by atoms with Crippen LogP contribution in [0.25, 0.3) is 0 Å². The predicted octanol–water partition coefficient (Wildman–Crippen LogP) is 3.38. The van der Waals surface area contributed by atoms with E-state index in [-0.39, 0.29) is 17.5 Å². The minimum absolute atomic E-state index is 0.0182. The molecule has 0 atom stereocenters. The van der Waals surface area contributed by atoms with Gasteiger partial charge in [-0.2, -0.15) is 5.26 Å². The first kappa shape index (κ1) is 17.0. The standard InChI is InChI=1S/C20H21N3O2/c1-13-11-19(18(12-21)14(2)22-13)23-9-7-16(8-10-23)20(25)15-3-5-17(24)6-4-15/h3-6,11,16,24H,7-10H2,1-2H3. The number of pyridine rings is 1. The summed E-state index contributed by atoms with van der Waals surface area (Å²) in [5, 5.41) is 18.8. The average molecular weight is 335 g/mol. The third-order valence-electron chi connectivity index (χ3n) is 4.78. The van der Waals surface area contributed by atoms with Gasteiger partial charge in [0.05, 0.1) is 16.9 Å². The molecular weight excluding hydrogens is 314 g/mol. The number of aromatic nitrogens is 1. The van der Waals surface area contributed by atoms with Gasteiger partial charge in [0, 0.05) is 30.3 Å². The number of ketones is 1. The highest BCUT2D eigenvalue weighted by Crippen LogP contribution is 2.29. The molecule has 0 aliphatic carbocycles. The maximum atomic E-state index is 12.6. The lowest BCUT2D eigenvalue weighted by Crippen LogP contribution is -2.37. The summed E-state index contributed by atoms with van der Waals surface area (Å²) in [6.07, 6.45) is 1.51. The van der Waals surface area contributed by atoms with Gasteiger partial charge in [-0.05, 0) is 57.0 Å². The van der Waals surface area contributed by atoms with Crippen LogP contribution in [0.5, 0.6) is 5.75 Å². The Morgan fingerprint density at radius 3 is 2.48 bits per heavy atom. The average Bonchev–Trinajstić information content (AvgIpc) is 2.61. The molecule has 2 aromatic rings. The predicted molar refractivity (Wildman–Crippen MR) is 95.8 cm³/mol. The van der Waals surface area contributed by atoms with Gasteiger partial charge in [-0.25, -0.2) is 0 Å². The summed E-state index contributed by atoms with van der Waals surface area (Å²) in [6, 6.07) is 10.7. The molecule has 1 fully saturated rings. The van der Waals surface area contributed by atoms with E-state index >= 15 is 0 Å². The molecule has 1 N–H and O–H groups in total. The Bertz CT molecular complexity index is 829. The molecule has 0 saturated carbocycles. The zero-order valence-electron chi connectivity index (χ0n) is 14.5. The Labute approximate surface area is 147 Å². The molecule has 3 rings (SSSR count). The zero-order valence-corrected chi connectivity index (χ0v) is 14.5. The Morgan fingerprint density at radius 1 is 1.24 bits per heavy atom. The van der Waals surface area contributed by atoms with E-state index in [0.717, 1.165) is 43.0 Å². The first-order chi connectivity index (χ1) is 12.0. The van der Waals surface area contributed by atoms with Crippen LogP contribution in [0.3, 0.4) is 0 Å². The number of aromatic hydroxyl groups is 1. The van der Waals surface area contributed by atoms with Crippen molar-refractivity contribution in [2.45, 2.75) is 26.7 Å². The number of aryl methyl sites for hydroxylation is 2. The number of phenolic OH excluding ortho intramolecular Hbond substituents is 1. The van der Waals surface area contributed by atoms with Crippen molar-refractivity contribution in [2.24, 2.45) is 5.92 Å². The smallest absolute Gasteiger partial charge is 0.166 e. The number of phenols is 1. The fraction of sp³-hybridized carbons (Fsp3) is 0.350. The quantitative estimate of drug-likeness (QED) is 0.870. The second-order valence-corrected chi connectivity index (χ2v) is 6.53. The molecule has 1 aromatic carbocycles. The van der Waals surface area contributed by atoms with Gasteiger partial charge in [-0.1, -0.05) is 0 Å². The minimum atomic E-state index is -0.0182. The molecule has 128 valence electrons. The highest BCUT2D eigenvalue weighted by molar-refractivity contribution is 5.98. The monoisotopic (exact) mass is 335 g/mol. The lowest BCUT2D eigenvalue weighted by molar-refractivity contribution is 0.0900. The van der Waals surface area contributed by atoms with E-state index in [1.807, 2.05) is 19.9 Å². The molecule has 1 aliphatic heterocycles. The summed E-state index contributed by atoms with van der Waals surface area (Å²) in [7, 11) is 0. The molecule has 1 aliphatic rings. The van der Waals surface area contributed by atoms with Gasteiger partial charge in [-0.3, -0.25) is 9.78 Å². The van der Waals surface area contributed by atoms with Crippen molar-refractivity contribution in [3.63, 3.8) is 0 Å². The number of nitrogens with zero attached hydrogens (tertiary/aromatic N) is 3. The molecule has 0 unspecified atom stereocenters. The molecule has 5 heteroatoms. The molecule has 1 saturated heterocycles. The number of hydrogen-bond acceptors (Lipinski definition) is 5. The van der Waals surface area contributed by atoms with E-state index in [1.165, 1.54) is 0 Å². The molecule has 2 heterocycles. The number of Topliss-reactive ketones (excluding diaryl/α,β-unsaturated/α-hetero) is 1. The van der Waals surface area contributed by atoms with Crippen LogP contribution in [-0.2, 0) is 0 Å². The van der Waals surface area contributed by atoms with E-state index in [2.05, 4.69) is 16.0 Å².